The Hall–Kier alpha value is -2.17. The zero-order chi connectivity index (χ0) is 9.97. The summed E-state index contributed by atoms with van der Waals surface area (Å²) in [4.78, 5) is 25.7. The summed E-state index contributed by atoms with van der Waals surface area (Å²) in [6.45, 7) is 0. The van der Waals surface area contributed by atoms with Crippen LogP contribution in [-0.4, -0.2) is 15.8 Å². The largest absolute Gasteiger partial charge is 0.427 e. The lowest BCUT2D eigenvalue weighted by Gasteiger charge is -1.99. The molecule has 0 atom stereocenters. The molecule has 2 heterocycles. The second-order valence-corrected chi connectivity index (χ2v) is 2.60. The molecule has 0 aliphatic rings. The van der Waals surface area contributed by atoms with Crippen molar-refractivity contribution in [1.82, 2.24) is 9.55 Å². The SMILES string of the molecule is O=Cc1cccn(-c2cnco2)c1=O. The van der Waals surface area contributed by atoms with Crippen LogP contribution in [0.2, 0.25) is 0 Å². The minimum atomic E-state index is -0.417. The monoisotopic (exact) mass is 190 g/mol. The molecule has 0 saturated heterocycles. The lowest BCUT2D eigenvalue weighted by Crippen LogP contribution is -2.20. The van der Waals surface area contributed by atoms with Crippen molar-refractivity contribution >= 4 is 6.29 Å². The van der Waals surface area contributed by atoms with Crippen LogP contribution >= 0.6 is 0 Å². The van der Waals surface area contributed by atoms with Crippen molar-refractivity contribution in [2.75, 3.05) is 0 Å². The Balaban J connectivity index is 2.66. The van der Waals surface area contributed by atoms with E-state index in [9.17, 15) is 9.59 Å². The lowest BCUT2D eigenvalue weighted by atomic mass is 10.3. The molecule has 0 radical (unpaired) electrons. The smallest absolute Gasteiger partial charge is 0.268 e. The number of hydrogen-bond acceptors (Lipinski definition) is 4. The van der Waals surface area contributed by atoms with Crippen molar-refractivity contribution < 1.29 is 9.21 Å². The highest BCUT2D eigenvalue weighted by Crippen LogP contribution is 2.02. The van der Waals surface area contributed by atoms with Gasteiger partial charge in [-0.2, -0.15) is 0 Å². The molecule has 0 aliphatic carbocycles. The molecular weight excluding hydrogens is 184 g/mol. The summed E-state index contributed by atoms with van der Waals surface area (Å²) in [6.07, 6.45) is 4.64. The number of carbonyl (C=O) groups excluding carboxylic acids is 1. The summed E-state index contributed by atoms with van der Waals surface area (Å²) in [7, 11) is 0. The third-order valence-corrected chi connectivity index (χ3v) is 1.76. The van der Waals surface area contributed by atoms with Crippen LogP contribution < -0.4 is 5.56 Å². The first-order chi connectivity index (χ1) is 6.83. The summed E-state index contributed by atoms with van der Waals surface area (Å²) in [6, 6.07) is 3.04. The normalized spacial score (nSPS) is 10.0. The fourth-order valence-electron chi connectivity index (χ4n) is 1.10. The van der Waals surface area contributed by atoms with Gasteiger partial charge in [0.15, 0.2) is 12.7 Å². The molecule has 14 heavy (non-hydrogen) atoms. The number of oxazole rings is 1. The van der Waals surface area contributed by atoms with Crippen LogP contribution in [0.4, 0.5) is 0 Å². The highest BCUT2D eigenvalue weighted by Gasteiger charge is 2.05. The topological polar surface area (TPSA) is 65.1 Å². The Morgan fingerprint density at radius 2 is 2.36 bits per heavy atom. The molecule has 2 rings (SSSR count). The molecule has 0 unspecified atom stereocenters. The van der Waals surface area contributed by atoms with E-state index in [2.05, 4.69) is 4.98 Å². The Labute approximate surface area is 78.6 Å². The lowest BCUT2D eigenvalue weighted by molar-refractivity contribution is 0.112. The average Bonchev–Trinajstić information content (AvgIpc) is 2.71. The fraction of sp³-hybridized carbons (Fsp3) is 0. The highest BCUT2D eigenvalue weighted by atomic mass is 16.4. The number of hydrogen-bond donors (Lipinski definition) is 0. The van der Waals surface area contributed by atoms with E-state index in [0.717, 1.165) is 0 Å². The van der Waals surface area contributed by atoms with Crippen LogP contribution in [0.5, 0.6) is 0 Å². The minimum absolute atomic E-state index is 0.0869. The van der Waals surface area contributed by atoms with Gasteiger partial charge in [-0.25, -0.2) is 4.98 Å². The average molecular weight is 190 g/mol. The summed E-state index contributed by atoms with van der Waals surface area (Å²) < 4.78 is 6.15. The summed E-state index contributed by atoms with van der Waals surface area (Å²) in [5, 5.41) is 0. The van der Waals surface area contributed by atoms with E-state index in [-0.39, 0.29) is 5.56 Å². The molecule has 0 bridgehead atoms. The first-order valence-electron chi connectivity index (χ1n) is 3.88. The first-order valence-corrected chi connectivity index (χ1v) is 3.88. The Morgan fingerprint density at radius 3 is 3.00 bits per heavy atom. The number of nitrogens with zero attached hydrogens (tertiary/aromatic N) is 2. The van der Waals surface area contributed by atoms with Crippen LogP contribution in [0.15, 0.2) is 40.1 Å². The maximum atomic E-state index is 11.5. The van der Waals surface area contributed by atoms with E-state index in [1.54, 1.807) is 6.07 Å². The van der Waals surface area contributed by atoms with Crippen molar-refractivity contribution in [3.8, 4) is 5.88 Å². The molecule has 5 nitrogen and oxygen atoms in total. The van der Waals surface area contributed by atoms with Gasteiger partial charge in [-0.3, -0.25) is 14.2 Å². The van der Waals surface area contributed by atoms with Crippen molar-refractivity contribution in [3.05, 3.63) is 46.8 Å². The van der Waals surface area contributed by atoms with Gasteiger partial charge < -0.3 is 4.42 Å². The number of aromatic nitrogens is 2. The van der Waals surface area contributed by atoms with Gasteiger partial charge in [0, 0.05) is 6.20 Å². The second kappa shape index (κ2) is 3.29. The zero-order valence-electron chi connectivity index (χ0n) is 7.08. The molecule has 0 amide bonds. The van der Waals surface area contributed by atoms with Gasteiger partial charge in [0.25, 0.3) is 5.56 Å². The van der Waals surface area contributed by atoms with Gasteiger partial charge in [-0.15, -0.1) is 0 Å². The molecule has 0 fully saturated rings. The third-order valence-electron chi connectivity index (χ3n) is 1.76. The van der Waals surface area contributed by atoms with Gasteiger partial charge in [-0.1, -0.05) is 0 Å². The van der Waals surface area contributed by atoms with E-state index in [1.165, 1.54) is 29.4 Å². The number of aldehydes is 1. The third kappa shape index (κ3) is 1.24. The van der Waals surface area contributed by atoms with Crippen LogP contribution in [0.1, 0.15) is 10.4 Å². The number of pyridine rings is 1. The van der Waals surface area contributed by atoms with Crippen molar-refractivity contribution in [1.29, 1.82) is 0 Å². The molecule has 0 aliphatic heterocycles. The van der Waals surface area contributed by atoms with Gasteiger partial charge in [0.05, 0.1) is 11.8 Å². The van der Waals surface area contributed by atoms with E-state index in [4.69, 9.17) is 4.42 Å². The van der Waals surface area contributed by atoms with E-state index in [0.29, 0.717) is 12.2 Å². The molecule has 2 aromatic heterocycles. The van der Waals surface area contributed by atoms with E-state index >= 15 is 0 Å². The number of rotatable bonds is 2. The molecule has 5 heteroatoms. The summed E-state index contributed by atoms with van der Waals surface area (Å²) >= 11 is 0. The highest BCUT2D eigenvalue weighted by molar-refractivity contribution is 5.73. The summed E-state index contributed by atoms with van der Waals surface area (Å²) in [5.74, 6) is 0.290. The van der Waals surface area contributed by atoms with Crippen LogP contribution in [0, 0.1) is 0 Å². The quantitative estimate of drug-likeness (QED) is 0.652. The number of carbonyl (C=O) groups is 1. The van der Waals surface area contributed by atoms with Gasteiger partial charge >= 0.3 is 0 Å². The Kier molecular flexibility index (Phi) is 1.98. The van der Waals surface area contributed by atoms with Crippen molar-refractivity contribution in [3.63, 3.8) is 0 Å². The van der Waals surface area contributed by atoms with Gasteiger partial charge in [0.2, 0.25) is 5.88 Å². The molecule has 0 saturated carbocycles. The minimum Gasteiger partial charge on any atom is -0.427 e. The molecule has 2 aromatic rings. The van der Waals surface area contributed by atoms with E-state index in [1.807, 2.05) is 0 Å². The van der Waals surface area contributed by atoms with Crippen LogP contribution in [0.25, 0.3) is 5.88 Å². The Bertz CT molecular complexity index is 499. The first kappa shape index (κ1) is 8.43. The van der Waals surface area contributed by atoms with Gasteiger partial charge in [0.1, 0.15) is 0 Å². The van der Waals surface area contributed by atoms with Crippen LogP contribution in [-0.2, 0) is 0 Å². The summed E-state index contributed by atoms with van der Waals surface area (Å²) in [5.41, 5.74) is -0.330. The maximum Gasteiger partial charge on any atom is 0.268 e. The standard InChI is InChI=1S/C9H6N2O3/c12-5-7-2-1-3-11(9(7)13)8-4-10-6-14-8/h1-6H. The van der Waals surface area contributed by atoms with Gasteiger partial charge in [-0.05, 0) is 12.1 Å². The Morgan fingerprint density at radius 1 is 1.50 bits per heavy atom. The van der Waals surface area contributed by atoms with E-state index < -0.39 is 5.56 Å². The molecule has 0 N–H and O–H groups in total. The predicted molar refractivity (Wildman–Crippen MR) is 47.5 cm³/mol. The second-order valence-electron chi connectivity index (χ2n) is 2.60. The molecular formula is C9H6N2O3. The molecule has 70 valence electrons. The zero-order valence-corrected chi connectivity index (χ0v) is 7.08. The predicted octanol–water partition coefficient (Wildman–Crippen LogP) is 0.638. The molecule has 0 aromatic carbocycles. The van der Waals surface area contributed by atoms with Crippen LogP contribution in [0.3, 0.4) is 0 Å². The maximum absolute atomic E-state index is 11.5. The molecule has 0 spiro atoms. The van der Waals surface area contributed by atoms with Crippen molar-refractivity contribution in [2.45, 2.75) is 0 Å². The van der Waals surface area contributed by atoms with Crippen molar-refractivity contribution in [2.24, 2.45) is 0 Å². The fourth-order valence-corrected chi connectivity index (χ4v) is 1.10.